The minimum Gasteiger partial charge on any atom is -0.452 e. The average molecular weight is 395 g/mol. The molecule has 2 aromatic carbocycles. The minimum atomic E-state index is -4.02. The van der Waals surface area contributed by atoms with Crippen LogP contribution >= 0.6 is 0 Å². The van der Waals surface area contributed by atoms with Crippen molar-refractivity contribution in [2.75, 3.05) is 12.4 Å². The van der Waals surface area contributed by atoms with Crippen LogP contribution in [0.5, 0.6) is 0 Å². The van der Waals surface area contributed by atoms with E-state index >= 15 is 0 Å². The molecule has 3 amide bonds. The lowest BCUT2D eigenvalue weighted by molar-refractivity contribution is 0.177. The van der Waals surface area contributed by atoms with Crippen LogP contribution in [0.3, 0.4) is 0 Å². The molecule has 9 heteroatoms. The highest BCUT2D eigenvalue weighted by molar-refractivity contribution is 7.90. The smallest absolute Gasteiger partial charge is 0.420 e. The van der Waals surface area contributed by atoms with Crippen LogP contribution in [0.1, 0.15) is 15.4 Å². The number of sulfonamides is 1. The lowest BCUT2D eigenvalue weighted by atomic mass is 10.1. The van der Waals surface area contributed by atoms with E-state index in [4.69, 9.17) is 0 Å². The first kappa shape index (κ1) is 18.7. The van der Waals surface area contributed by atoms with Crippen molar-refractivity contribution in [3.8, 4) is 0 Å². The predicted molar refractivity (Wildman–Crippen MR) is 105 cm³/mol. The quantitative estimate of drug-likeness (QED) is 0.737. The summed E-state index contributed by atoms with van der Waals surface area (Å²) in [6, 6.07) is 13.2. The van der Waals surface area contributed by atoms with Gasteiger partial charge >= 0.3 is 12.1 Å². The van der Waals surface area contributed by atoms with E-state index in [0.717, 1.165) is 20.0 Å². The lowest BCUT2D eigenvalue weighted by Gasteiger charge is -2.13. The second-order valence-corrected chi connectivity index (χ2v) is 7.78. The molecule has 0 spiro atoms. The van der Waals surface area contributed by atoms with E-state index < -0.39 is 16.1 Å². The molecule has 1 aliphatic rings. The van der Waals surface area contributed by atoms with E-state index in [-0.39, 0.29) is 21.2 Å². The second kappa shape index (κ2) is 7.67. The highest BCUT2D eigenvalue weighted by Crippen LogP contribution is 2.21. The van der Waals surface area contributed by atoms with E-state index in [2.05, 4.69) is 27.5 Å². The Morgan fingerprint density at radius 1 is 1.04 bits per heavy atom. The van der Waals surface area contributed by atoms with Gasteiger partial charge in [-0.05, 0) is 48.2 Å². The van der Waals surface area contributed by atoms with Gasteiger partial charge in [0.05, 0.1) is 12.0 Å². The third-order valence-corrected chi connectivity index (χ3v) is 5.54. The number of anilines is 1. The Balaban J connectivity index is 0.00000280. The highest BCUT2D eigenvalue weighted by Gasteiger charge is 2.22. The maximum Gasteiger partial charge on any atom is 0.420 e. The zero-order valence-electron chi connectivity index (χ0n) is 14.6. The molecule has 2 aromatic rings. The summed E-state index contributed by atoms with van der Waals surface area (Å²) in [6.07, 6.45) is 0.481. The molecule has 0 aromatic heterocycles. The number of benzene rings is 2. The summed E-state index contributed by atoms with van der Waals surface area (Å²) < 4.78 is 29.9. The van der Waals surface area contributed by atoms with Crippen molar-refractivity contribution < 1.29 is 27.0 Å². The Morgan fingerprint density at radius 3 is 2.19 bits per heavy atom. The second-order valence-electron chi connectivity index (χ2n) is 6.09. The van der Waals surface area contributed by atoms with Crippen molar-refractivity contribution in [2.24, 2.45) is 0 Å². The fourth-order valence-electron chi connectivity index (χ4n) is 2.94. The van der Waals surface area contributed by atoms with Crippen LogP contribution in [0.15, 0.2) is 53.4 Å². The molecule has 3 rings (SSSR count). The van der Waals surface area contributed by atoms with Crippen molar-refractivity contribution in [3.05, 3.63) is 59.7 Å². The Hall–Kier alpha value is -3.07. The summed E-state index contributed by atoms with van der Waals surface area (Å²) in [7, 11) is -2.95. The topological polar surface area (TPSA) is 114 Å². The number of hydrogen-bond acceptors (Lipinski definition) is 5. The number of urea groups is 1. The molecule has 8 nitrogen and oxygen atoms in total. The summed E-state index contributed by atoms with van der Waals surface area (Å²) in [5.41, 5.74) is 2.89. The third-order valence-electron chi connectivity index (χ3n) is 4.21. The maximum absolute atomic E-state index is 12.2. The van der Waals surface area contributed by atoms with E-state index in [9.17, 15) is 18.0 Å². The summed E-state index contributed by atoms with van der Waals surface area (Å²) in [5.74, 6) is 0. The summed E-state index contributed by atoms with van der Waals surface area (Å²) in [4.78, 5) is 23.1. The molecular weight excluding hydrogens is 370 g/mol. The van der Waals surface area contributed by atoms with Crippen LogP contribution < -0.4 is 15.4 Å². The van der Waals surface area contributed by atoms with E-state index in [1.165, 1.54) is 35.4 Å². The fourth-order valence-corrected chi connectivity index (χ4v) is 3.86. The van der Waals surface area contributed by atoms with Gasteiger partial charge in [-0.15, -0.1) is 0 Å². The molecule has 0 atom stereocenters. The number of hydrogen-bond donors (Lipinski definition) is 3. The standard InChI is InChI=1S/C18H19N3O5S.3H2/c1-26-18(23)21-27(24,25)16-8-6-14(7-9-16)19-17(22)20-15-10-12-4-2-3-5-13(12)11-15;;;/h2-9,15H,10-11H2,1H3,(H,21,23)(H2,19,20,22);3*1H. The zero-order valence-corrected chi connectivity index (χ0v) is 15.4. The van der Waals surface area contributed by atoms with Crippen LogP contribution in [-0.2, 0) is 27.6 Å². The van der Waals surface area contributed by atoms with Crippen LogP contribution in [0.4, 0.5) is 15.3 Å². The largest absolute Gasteiger partial charge is 0.452 e. The Morgan fingerprint density at radius 2 is 1.63 bits per heavy atom. The van der Waals surface area contributed by atoms with Gasteiger partial charge in [-0.25, -0.2) is 22.7 Å². The van der Waals surface area contributed by atoms with Gasteiger partial charge in [0.15, 0.2) is 0 Å². The molecule has 0 unspecified atom stereocenters. The Bertz CT molecular complexity index is 946. The summed E-state index contributed by atoms with van der Waals surface area (Å²) in [6.45, 7) is 0. The number of methoxy groups -OCH3 is 1. The first-order valence-corrected chi connectivity index (χ1v) is 9.71. The first-order chi connectivity index (χ1) is 12.9. The number of fused-ring (bicyclic) bond motifs is 1. The van der Waals surface area contributed by atoms with Crippen LogP contribution in [0.25, 0.3) is 0 Å². The predicted octanol–water partition coefficient (Wildman–Crippen LogP) is 2.76. The molecule has 0 aliphatic heterocycles. The molecular formula is C18H25N3O5S. The number of carbonyl (C=O) groups is 2. The van der Waals surface area contributed by atoms with E-state index in [0.29, 0.717) is 5.69 Å². The monoisotopic (exact) mass is 395 g/mol. The van der Waals surface area contributed by atoms with Crippen LogP contribution in [0.2, 0.25) is 0 Å². The number of nitrogens with one attached hydrogen (secondary N) is 3. The zero-order chi connectivity index (χ0) is 19.4. The van der Waals surface area contributed by atoms with Gasteiger partial charge in [0, 0.05) is 16.0 Å². The van der Waals surface area contributed by atoms with Gasteiger partial charge in [0.2, 0.25) is 0 Å². The van der Waals surface area contributed by atoms with Crippen molar-refractivity contribution in [3.63, 3.8) is 0 Å². The third kappa shape index (κ3) is 4.56. The van der Waals surface area contributed by atoms with Gasteiger partial charge in [-0.3, -0.25) is 0 Å². The first-order valence-electron chi connectivity index (χ1n) is 8.22. The van der Waals surface area contributed by atoms with Crippen molar-refractivity contribution in [2.45, 2.75) is 23.8 Å². The van der Waals surface area contributed by atoms with Crippen molar-refractivity contribution in [1.82, 2.24) is 10.0 Å². The van der Waals surface area contributed by atoms with Gasteiger partial charge in [0.1, 0.15) is 0 Å². The van der Waals surface area contributed by atoms with Gasteiger partial charge in [0.25, 0.3) is 10.0 Å². The molecule has 3 N–H and O–H groups in total. The molecule has 148 valence electrons. The van der Waals surface area contributed by atoms with Crippen LogP contribution in [-0.4, -0.2) is 33.7 Å². The molecule has 0 radical (unpaired) electrons. The summed E-state index contributed by atoms with van der Waals surface area (Å²) >= 11 is 0. The fraction of sp³-hybridized carbons (Fsp3) is 0.222. The molecule has 0 bridgehead atoms. The Labute approximate surface area is 161 Å². The van der Waals surface area contributed by atoms with E-state index in [1.54, 1.807) is 4.72 Å². The molecule has 0 fully saturated rings. The number of amides is 3. The normalized spacial score (nSPS) is 13.5. The van der Waals surface area contributed by atoms with Gasteiger partial charge in [-0.1, -0.05) is 24.3 Å². The molecule has 0 saturated carbocycles. The van der Waals surface area contributed by atoms with Crippen LogP contribution in [0, 0.1) is 0 Å². The minimum absolute atomic E-state index is 0. The maximum atomic E-state index is 12.2. The molecule has 0 heterocycles. The number of carbonyl (C=O) groups excluding carboxylic acids is 2. The van der Waals surface area contributed by atoms with Crippen molar-refractivity contribution in [1.29, 1.82) is 0 Å². The molecule has 0 saturated heterocycles. The number of ether oxygens (including phenoxy) is 1. The lowest BCUT2D eigenvalue weighted by Crippen LogP contribution is -2.38. The van der Waals surface area contributed by atoms with Crippen molar-refractivity contribution >= 4 is 27.8 Å². The average Bonchev–Trinajstić information content (AvgIpc) is 3.03. The van der Waals surface area contributed by atoms with E-state index in [1.807, 2.05) is 12.1 Å². The highest BCUT2D eigenvalue weighted by atomic mass is 32.2. The van der Waals surface area contributed by atoms with Gasteiger partial charge < -0.3 is 15.4 Å². The van der Waals surface area contributed by atoms with Gasteiger partial charge in [-0.2, -0.15) is 0 Å². The summed E-state index contributed by atoms with van der Waals surface area (Å²) in [5, 5.41) is 5.58. The molecule has 1 aliphatic carbocycles. The number of rotatable bonds is 4. The molecule has 27 heavy (non-hydrogen) atoms. The Kier molecular flexibility index (Phi) is 5.31. The SMILES string of the molecule is COC(=O)NS(=O)(=O)c1ccc(NC(=O)NC2Cc3ccccc3C2)cc1.[HH].[HH].[HH].